The molecule has 0 amide bonds. The predicted molar refractivity (Wildman–Crippen MR) is 233 cm³/mol. The zero-order chi connectivity index (χ0) is 36.0. The van der Waals surface area contributed by atoms with Crippen LogP contribution in [-0.4, -0.2) is 6.54 Å². The Morgan fingerprint density at radius 1 is 0.673 bits per heavy atom. The normalized spacial score (nSPS) is 12.2. The van der Waals surface area contributed by atoms with Crippen LogP contribution in [0.3, 0.4) is 0 Å². The smallest absolute Gasteiger partial charge is 0.0427 e. The molecule has 0 saturated carbocycles. The highest BCUT2D eigenvalue weighted by Gasteiger charge is 2.15. The van der Waals surface area contributed by atoms with E-state index in [-0.39, 0.29) is 0 Å². The molecule has 0 N–H and O–H groups in total. The van der Waals surface area contributed by atoms with Gasteiger partial charge in [-0.1, -0.05) is 155 Å². The minimum Gasteiger partial charge on any atom is -0.338 e. The summed E-state index contributed by atoms with van der Waals surface area (Å²) >= 11 is 1.96. The van der Waals surface area contributed by atoms with Gasteiger partial charge in [-0.3, -0.25) is 0 Å². The van der Waals surface area contributed by atoms with Gasteiger partial charge in [0.1, 0.15) is 0 Å². The van der Waals surface area contributed by atoms with Crippen LogP contribution in [0.4, 0.5) is 11.4 Å². The lowest BCUT2D eigenvalue weighted by molar-refractivity contribution is 1.10. The highest BCUT2D eigenvalue weighted by atomic mass is 32.1. The average molecular weight is 694 g/mol. The van der Waals surface area contributed by atoms with Gasteiger partial charge in [-0.2, -0.15) is 0 Å². The summed E-state index contributed by atoms with van der Waals surface area (Å²) in [6.07, 6.45) is 16.6. The van der Waals surface area contributed by atoms with E-state index in [1.165, 1.54) is 75.5 Å². The molecule has 0 atom stereocenters. The number of thiophene rings is 1. The second-order valence-corrected chi connectivity index (χ2v) is 14.4. The number of hydrogen-bond donors (Lipinski definition) is 0. The van der Waals surface area contributed by atoms with E-state index in [0.717, 1.165) is 37.2 Å². The van der Waals surface area contributed by atoms with Crippen molar-refractivity contribution in [3.8, 4) is 11.1 Å². The van der Waals surface area contributed by atoms with E-state index in [1.54, 1.807) is 0 Å². The SMILES string of the molecule is C=Cc1c(C)c2ccccc2c2cc(N(C/C=C\C=C(/CC)c3cccc4c(/C=C\CC)c(CC)sc34)c3ccc(-c4ccccc4)cc3)ccc12. The molecule has 0 bridgehead atoms. The third kappa shape index (κ3) is 6.79. The molecule has 0 spiro atoms. The number of hydrogen-bond acceptors (Lipinski definition) is 2. The maximum Gasteiger partial charge on any atom is 0.0427 e. The van der Waals surface area contributed by atoms with Crippen molar-refractivity contribution in [2.75, 3.05) is 11.4 Å². The topological polar surface area (TPSA) is 3.24 Å². The van der Waals surface area contributed by atoms with Gasteiger partial charge in [0.15, 0.2) is 0 Å². The highest BCUT2D eigenvalue weighted by Crippen LogP contribution is 2.40. The van der Waals surface area contributed by atoms with Gasteiger partial charge in [0, 0.05) is 32.9 Å². The number of aryl methyl sites for hydroxylation is 2. The molecule has 52 heavy (non-hydrogen) atoms. The summed E-state index contributed by atoms with van der Waals surface area (Å²) in [5.41, 5.74) is 11.3. The van der Waals surface area contributed by atoms with Crippen LogP contribution in [0, 0.1) is 6.92 Å². The number of allylic oxidation sites excluding steroid dienone is 4. The fourth-order valence-electron chi connectivity index (χ4n) is 7.51. The summed E-state index contributed by atoms with van der Waals surface area (Å²) < 4.78 is 1.40. The van der Waals surface area contributed by atoms with E-state index in [2.05, 4.69) is 185 Å². The largest absolute Gasteiger partial charge is 0.338 e. The highest BCUT2D eigenvalue weighted by molar-refractivity contribution is 7.19. The molecule has 0 aliphatic heterocycles. The molecule has 258 valence electrons. The number of anilines is 2. The van der Waals surface area contributed by atoms with E-state index in [9.17, 15) is 0 Å². The van der Waals surface area contributed by atoms with E-state index in [0.29, 0.717) is 0 Å². The molecule has 1 heterocycles. The van der Waals surface area contributed by atoms with E-state index in [4.69, 9.17) is 0 Å². The Balaban J connectivity index is 1.28. The average Bonchev–Trinajstić information content (AvgIpc) is 3.57. The van der Waals surface area contributed by atoms with Crippen LogP contribution in [0.1, 0.15) is 60.7 Å². The lowest BCUT2D eigenvalue weighted by Crippen LogP contribution is -2.16. The zero-order valence-corrected chi connectivity index (χ0v) is 31.6. The first-order valence-electron chi connectivity index (χ1n) is 18.6. The van der Waals surface area contributed by atoms with Crippen LogP contribution < -0.4 is 4.90 Å². The Labute approximate surface area is 313 Å². The van der Waals surface area contributed by atoms with Gasteiger partial charge < -0.3 is 4.90 Å². The fraction of sp³-hybridized carbons (Fsp3) is 0.160. The molecule has 2 heteroatoms. The Kier molecular flexibility index (Phi) is 10.7. The van der Waals surface area contributed by atoms with Crippen LogP contribution >= 0.6 is 11.3 Å². The first-order valence-corrected chi connectivity index (χ1v) is 19.4. The molecular weight excluding hydrogens is 647 g/mol. The van der Waals surface area contributed by atoms with Gasteiger partial charge in [-0.05, 0) is 111 Å². The van der Waals surface area contributed by atoms with Crippen molar-refractivity contribution in [1.82, 2.24) is 0 Å². The Morgan fingerprint density at radius 2 is 1.38 bits per heavy atom. The Hall–Kier alpha value is -5.44. The monoisotopic (exact) mass is 693 g/mol. The summed E-state index contributed by atoms with van der Waals surface area (Å²) in [7, 11) is 0. The van der Waals surface area contributed by atoms with Crippen LogP contribution in [0.5, 0.6) is 0 Å². The van der Waals surface area contributed by atoms with E-state index < -0.39 is 0 Å². The fourth-order valence-corrected chi connectivity index (χ4v) is 8.78. The van der Waals surface area contributed by atoms with Crippen molar-refractivity contribution >= 4 is 72.1 Å². The Morgan fingerprint density at radius 3 is 2.12 bits per heavy atom. The van der Waals surface area contributed by atoms with Crippen molar-refractivity contribution in [2.24, 2.45) is 0 Å². The first kappa shape index (κ1) is 35.0. The summed E-state index contributed by atoms with van der Waals surface area (Å²) in [4.78, 5) is 3.89. The second-order valence-electron chi connectivity index (χ2n) is 13.3. The third-order valence-electron chi connectivity index (χ3n) is 10.2. The molecule has 1 nitrogen and oxygen atoms in total. The molecule has 0 aliphatic rings. The minimum absolute atomic E-state index is 0.733. The summed E-state index contributed by atoms with van der Waals surface area (Å²) in [6, 6.07) is 42.1. The molecule has 0 aliphatic carbocycles. The van der Waals surface area contributed by atoms with Crippen molar-refractivity contribution in [3.05, 3.63) is 173 Å². The quantitative estimate of drug-likeness (QED) is 0.0909. The van der Waals surface area contributed by atoms with Gasteiger partial charge in [-0.15, -0.1) is 11.3 Å². The Bertz CT molecular complexity index is 2460. The third-order valence-corrected chi connectivity index (χ3v) is 11.6. The molecule has 0 saturated heterocycles. The van der Waals surface area contributed by atoms with Crippen LogP contribution in [0.15, 0.2) is 146 Å². The lowest BCUT2D eigenvalue weighted by Gasteiger charge is -2.25. The van der Waals surface area contributed by atoms with Crippen molar-refractivity contribution in [2.45, 2.75) is 47.0 Å². The minimum atomic E-state index is 0.733. The molecule has 1 aromatic heterocycles. The predicted octanol–water partition coefficient (Wildman–Crippen LogP) is 15.0. The zero-order valence-electron chi connectivity index (χ0n) is 30.8. The van der Waals surface area contributed by atoms with Gasteiger partial charge in [-0.25, -0.2) is 0 Å². The van der Waals surface area contributed by atoms with Crippen LogP contribution in [-0.2, 0) is 6.42 Å². The van der Waals surface area contributed by atoms with Crippen LogP contribution in [0.2, 0.25) is 0 Å². The van der Waals surface area contributed by atoms with Crippen LogP contribution in [0.25, 0.3) is 60.5 Å². The van der Waals surface area contributed by atoms with Gasteiger partial charge in [0.25, 0.3) is 0 Å². The molecule has 0 unspecified atom stereocenters. The van der Waals surface area contributed by atoms with Gasteiger partial charge in [0.2, 0.25) is 0 Å². The molecule has 0 radical (unpaired) electrons. The lowest BCUT2D eigenvalue weighted by atomic mass is 9.92. The van der Waals surface area contributed by atoms with E-state index in [1.807, 2.05) is 17.4 Å². The summed E-state index contributed by atoms with van der Waals surface area (Å²) in [5.74, 6) is 0. The summed E-state index contributed by atoms with van der Waals surface area (Å²) in [6.45, 7) is 13.9. The molecule has 0 fully saturated rings. The number of rotatable bonds is 12. The molecule has 6 aromatic carbocycles. The van der Waals surface area contributed by atoms with E-state index >= 15 is 0 Å². The number of nitrogens with zero attached hydrogens (tertiary/aromatic N) is 1. The standard InChI is InChI=1S/C50H47NS/c1-6-10-22-46-47-26-18-25-43(50(47)52-49(46)9-4)36(7-2)19-16-17-33-51(39-29-27-38(28-30-39)37-20-12-11-13-21-37)40-31-32-45-41(8-3)35(5)42-23-14-15-24-44(42)48(45)34-40/h8,10-32,34H,3,6-7,9,33H2,1-2,4-5H3/b17-16-,22-10-,36-19+. The molecular formula is C50H47NS. The number of fused-ring (bicyclic) bond motifs is 4. The molecule has 7 aromatic rings. The van der Waals surface area contributed by atoms with Gasteiger partial charge >= 0.3 is 0 Å². The number of benzene rings is 6. The van der Waals surface area contributed by atoms with Crippen molar-refractivity contribution < 1.29 is 0 Å². The second kappa shape index (κ2) is 15.8. The summed E-state index contributed by atoms with van der Waals surface area (Å²) in [5, 5.41) is 6.41. The first-order chi connectivity index (χ1) is 25.6. The maximum atomic E-state index is 4.19. The van der Waals surface area contributed by atoms with Crippen molar-refractivity contribution in [1.29, 1.82) is 0 Å². The van der Waals surface area contributed by atoms with Crippen molar-refractivity contribution in [3.63, 3.8) is 0 Å². The van der Waals surface area contributed by atoms with Gasteiger partial charge in [0.05, 0.1) is 0 Å². The maximum absolute atomic E-state index is 4.19. The molecule has 7 rings (SSSR count).